The number of aliphatic hydroxyl groups excluding tert-OH is 1. The molecule has 3 heteroatoms. The third-order valence-corrected chi connectivity index (χ3v) is 1.09. The first-order valence-corrected chi connectivity index (χ1v) is 2.60. The molecule has 0 bridgehead atoms. The van der Waals surface area contributed by atoms with Crippen molar-refractivity contribution in [2.75, 3.05) is 6.61 Å². The molecule has 1 fully saturated rings. The van der Waals surface area contributed by atoms with Gasteiger partial charge in [-0.05, 0) is 0 Å². The first-order valence-electron chi connectivity index (χ1n) is 2.60. The summed E-state index contributed by atoms with van der Waals surface area (Å²) in [7, 11) is 0. The number of ether oxygens (including phenoxy) is 1. The van der Waals surface area contributed by atoms with E-state index in [0.717, 1.165) is 0 Å². The Kier molecular flexibility index (Phi) is 1.60. The highest BCUT2D eigenvalue weighted by molar-refractivity contribution is 5.79. The molecule has 1 heterocycles. The van der Waals surface area contributed by atoms with E-state index >= 15 is 0 Å². The van der Waals surface area contributed by atoms with Crippen molar-refractivity contribution < 1.29 is 14.6 Å². The van der Waals surface area contributed by atoms with Crippen molar-refractivity contribution in [2.45, 2.75) is 19.1 Å². The summed E-state index contributed by atoms with van der Waals surface area (Å²) in [5, 5.41) is 8.64. The molecule has 0 saturated carbocycles. The van der Waals surface area contributed by atoms with E-state index in [1.165, 1.54) is 0 Å². The number of aliphatic hydroxyl groups is 1. The van der Waals surface area contributed by atoms with E-state index in [4.69, 9.17) is 5.11 Å². The van der Waals surface area contributed by atoms with Crippen molar-refractivity contribution in [1.82, 2.24) is 0 Å². The van der Waals surface area contributed by atoms with Crippen LogP contribution < -0.4 is 0 Å². The highest BCUT2D eigenvalue weighted by Gasteiger charge is 2.16. The first-order chi connectivity index (χ1) is 3.79. The fourth-order valence-corrected chi connectivity index (χ4v) is 0.665. The topological polar surface area (TPSA) is 46.5 Å². The Hall–Kier alpha value is -0.410. The monoisotopic (exact) mass is 116 g/mol. The van der Waals surface area contributed by atoms with Gasteiger partial charge in [-0.1, -0.05) is 0 Å². The second-order valence-corrected chi connectivity index (χ2v) is 1.82. The highest BCUT2D eigenvalue weighted by Crippen LogP contribution is 2.05. The first kappa shape index (κ1) is 5.72. The van der Waals surface area contributed by atoms with Crippen molar-refractivity contribution in [3.05, 3.63) is 0 Å². The van der Waals surface area contributed by atoms with Gasteiger partial charge < -0.3 is 9.84 Å². The second kappa shape index (κ2) is 2.24. The number of hydrogen-bond acceptors (Lipinski definition) is 3. The Bertz CT molecular complexity index is 99.8. The maximum Gasteiger partial charge on any atom is 0.161 e. The summed E-state index contributed by atoms with van der Waals surface area (Å²) >= 11 is 0. The molecule has 0 aromatic rings. The van der Waals surface area contributed by atoms with Gasteiger partial charge in [0.1, 0.15) is 5.78 Å². The molecule has 8 heavy (non-hydrogen) atoms. The van der Waals surface area contributed by atoms with E-state index in [0.29, 0.717) is 13.0 Å². The van der Waals surface area contributed by atoms with E-state index < -0.39 is 6.29 Å². The zero-order chi connectivity index (χ0) is 5.98. The summed E-state index contributed by atoms with van der Waals surface area (Å²) in [4.78, 5) is 10.4. The van der Waals surface area contributed by atoms with E-state index in [-0.39, 0.29) is 12.2 Å². The maximum atomic E-state index is 10.4. The zero-order valence-electron chi connectivity index (χ0n) is 4.46. The molecule has 1 rings (SSSR count). The molecule has 1 aliphatic rings. The second-order valence-electron chi connectivity index (χ2n) is 1.82. The predicted molar refractivity (Wildman–Crippen MR) is 26.2 cm³/mol. The lowest BCUT2D eigenvalue weighted by atomic mass is 10.2. The van der Waals surface area contributed by atoms with Gasteiger partial charge in [0.2, 0.25) is 0 Å². The zero-order valence-corrected chi connectivity index (χ0v) is 4.46. The van der Waals surface area contributed by atoms with Crippen LogP contribution in [0, 0.1) is 0 Å². The number of carbonyl (C=O) groups excluding carboxylic acids is 1. The molecule has 0 amide bonds. The van der Waals surface area contributed by atoms with Crippen LogP contribution in [0.2, 0.25) is 0 Å². The van der Waals surface area contributed by atoms with Crippen LogP contribution in [0.4, 0.5) is 0 Å². The van der Waals surface area contributed by atoms with Gasteiger partial charge >= 0.3 is 0 Å². The molecule has 1 unspecified atom stereocenters. The Morgan fingerprint density at radius 2 is 2.50 bits per heavy atom. The van der Waals surface area contributed by atoms with Crippen molar-refractivity contribution in [1.29, 1.82) is 0 Å². The largest absolute Gasteiger partial charge is 0.368 e. The summed E-state index contributed by atoms with van der Waals surface area (Å²) in [6.45, 7) is 0.375. The summed E-state index contributed by atoms with van der Waals surface area (Å²) in [5.74, 6) is 0.0868. The molecular formula is C5H8O3. The summed E-state index contributed by atoms with van der Waals surface area (Å²) < 4.78 is 4.68. The number of rotatable bonds is 0. The molecule has 1 saturated heterocycles. The van der Waals surface area contributed by atoms with Gasteiger partial charge in [-0.3, -0.25) is 4.79 Å². The number of carbonyl (C=O) groups is 1. The smallest absolute Gasteiger partial charge is 0.161 e. The fraction of sp³-hybridized carbons (Fsp3) is 0.800. The summed E-state index contributed by atoms with van der Waals surface area (Å²) in [6, 6.07) is 0. The van der Waals surface area contributed by atoms with Crippen LogP contribution in [0.5, 0.6) is 0 Å². The molecule has 46 valence electrons. The minimum Gasteiger partial charge on any atom is -0.368 e. The van der Waals surface area contributed by atoms with Crippen molar-refractivity contribution >= 4 is 5.78 Å². The van der Waals surface area contributed by atoms with Crippen molar-refractivity contribution in [2.24, 2.45) is 0 Å². The third kappa shape index (κ3) is 1.28. The average Bonchev–Trinajstić information content (AvgIpc) is 1.64. The molecule has 1 N–H and O–H groups in total. The van der Waals surface area contributed by atoms with Crippen molar-refractivity contribution in [3.8, 4) is 0 Å². The van der Waals surface area contributed by atoms with Gasteiger partial charge in [-0.15, -0.1) is 0 Å². The van der Waals surface area contributed by atoms with E-state index in [2.05, 4.69) is 4.74 Å². The Labute approximate surface area is 47.3 Å². The lowest BCUT2D eigenvalue weighted by Gasteiger charge is -2.15. The Balaban J connectivity index is 2.34. The molecule has 3 nitrogen and oxygen atoms in total. The molecular weight excluding hydrogens is 108 g/mol. The molecule has 0 aromatic heterocycles. The number of ketones is 1. The van der Waals surface area contributed by atoms with Crippen LogP contribution in [-0.4, -0.2) is 23.8 Å². The van der Waals surface area contributed by atoms with Gasteiger partial charge in [0.15, 0.2) is 6.29 Å². The average molecular weight is 116 g/mol. The number of Topliss-reactive ketones (excluding diaryl/α,β-unsaturated/α-hetero) is 1. The molecule has 0 spiro atoms. The SMILES string of the molecule is O=C1CCOC(O)C1. The minimum atomic E-state index is -0.837. The van der Waals surface area contributed by atoms with Crippen LogP contribution in [-0.2, 0) is 9.53 Å². The van der Waals surface area contributed by atoms with Crippen molar-refractivity contribution in [3.63, 3.8) is 0 Å². The molecule has 1 aliphatic heterocycles. The van der Waals surface area contributed by atoms with Crippen LogP contribution in [0.15, 0.2) is 0 Å². The van der Waals surface area contributed by atoms with Crippen LogP contribution in [0.1, 0.15) is 12.8 Å². The van der Waals surface area contributed by atoms with Gasteiger partial charge in [-0.2, -0.15) is 0 Å². The standard InChI is InChI=1S/C5H8O3/c6-4-1-2-8-5(7)3-4/h5,7H,1-3H2. The summed E-state index contributed by atoms with van der Waals surface area (Å²) in [6.07, 6.45) is -0.215. The number of hydrogen-bond donors (Lipinski definition) is 1. The molecule has 0 aliphatic carbocycles. The van der Waals surface area contributed by atoms with Gasteiger partial charge in [-0.25, -0.2) is 0 Å². The van der Waals surface area contributed by atoms with Gasteiger partial charge in [0, 0.05) is 6.42 Å². The molecule has 0 radical (unpaired) electrons. The lowest BCUT2D eigenvalue weighted by molar-refractivity contribution is -0.151. The van der Waals surface area contributed by atoms with Gasteiger partial charge in [0.05, 0.1) is 13.0 Å². The Morgan fingerprint density at radius 1 is 1.75 bits per heavy atom. The van der Waals surface area contributed by atoms with E-state index in [1.807, 2.05) is 0 Å². The maximum absolute atomic E-state index is 10.4. The third-order valence-electron chi connectivity index (χ3n) is 1.09. The molecule has 0 aromatic carbocycles. The fourth-order valence-electron chi connectivity index (χ4n) is 0.665. The minimum absolute atomic E-state index is 0.0868. The summed E-state index contributed by atoms with van der Waals surface area (Å²) in [5.41, 5.74) is 0. The lowest BCUT2D eigenvalue weighted by Crippen LogP contribution is -2.24. The quantitative estimate of drug-likeness (QED) is 0.472. The van der Waals surface area contributed by atoms with Crippen LogP contribution in [0.3, 0.4) is 0 Å². The van der Waals surface area contributed by atoms with Crippen LogP contribution in [0.25, 0.3) is 0 Å². The van der Waals surface area contributed by atoms with Gasteiger partial charge in [0.25, 0.3) is 0 Å². The van der Waals surface area contributed by atoms with E-state index in [1.54, 1.807) is 0 Å². The predicted octanol–water partition coefficient (Wildman–Crippen LogP) is -0.316. The Morgan fingerprint density at radius 3 is 2.88 bits per heavy atom. The van der Waals surface area contributed by atoms with Crippen LogP contribution >= 0.6 is 0 Å². The normalized spacial score (nSPS) is 30.6. The molecule has 1 atom stereocenters. The highest BCUT2D eigenvalue weighted by atomic mass is 16.6. The van der Waals surface area contributed by atoms with E-state index in [9.17, 15) is 4.79 Å².